The topological polar surface area (TPSA) is 22.1 Å². The molecule has 0 aliphatic heterocycles. The van der Waals surface area contributed by atoms with Crippen molar-refractivity contribution in [3.63, 3.8) is 0 Å². The van der Waals surface area contributed by atoms with Crippen LogP contribution in [0, 0.1) is 0 Å². The molecule has 0 atom stereocenters. The van der Waals surface area contributed by atoms with Gasteiger partial charge in [0.2, 0.25) is 0 Å². The van der Waals surface area contributed by atoms with Crippen molar-refractivity contribution >= 4 is 11.3 Å². The summed E-state index contributed by atoms with van der Waals surface area (Å²) in [6.45, 7) is 0. The molecule has 0 aromatic carbocycles. The van der Waals surface area contributed by atoms with Gasteiger partial charge in [-0.05, 0) is 23.6 Å². The van der Waals surface area contributed by atoms with Crippen molar-refractivity contribution in [1.29, 1.82) is 0 Å². The predicted octanol–water partition coefficient (Wildman–Crippen LogP) is 2.94. The molecule has 0 saturated carbocycles. The summed E-state index contributed by atoms with van der Waals surface area (Å²) in [5.74, 6) is 1.70. The lowest BCUT2D eigenvalue weighted by atomic mass is 10.4. The second kappa shape index (κ2) is 3.36. The highest BCUT2D eigenvalue weighted by Gasteiger charge is 1.94. The maximum atomic E-state index is 5.49. The normalized spacial score (nSPS) is 9.67. The fourth-order valence-corrected chi connectivity index (χ4v) is 1.40. The number of ether oxygens (including phenoxy) is 1. The molecule has 2 aromatic rings. The minimum absolute atomic E-state index is 0.823. The predicted molar refractivity (Wildman–Crippen MR) is 48.6 cm³/mol. The molecule has 60 valence electrons. The van der Waals surface area contributed by atoms with Gasteiger partial charge in [-0.25, -0.2) is 0 Å². The van der Waals surface area contributed by atoms with Gasteiger partial charge in [0, 0.05) is 17.8 Å². The summed E-state index contributed by atoms with van der Waals surface area (Å²) in [7, 11) is 0. The van der Waals surface area contributed by atoms with Gasteiger partial charge in [0.15, 0.2) is 0 Å². The van der Waals surface area contributed by atoms with E-state index in [0.717, 1.165) is 11.5 Å². The van der Waals surface area contributed by atoms with Crippen molar-refractivity contribution in [2.75, 3.05) is 0 Å². The Bertz CT molecular complexity index is 331. The zero-order valence-electron chi connectivity index (χ0n) is 6.31. The van der Waals surface area contributed by atoms with Gasteiger partial charge in [0.1, 0.15) is 11.5 Å². The monoisotopic (exact) mass is 177 g/mol. The molecule has 3 heteroatoms. The van der Waals surface area contributed by atoms with Gasteiger partial charge >= 0.3 is 0 Å². The summed E-state index contributed by atoms with van der Waals surface area (Å²) in [6, 6.07) is 5.60. The van der Waals surface area contributed by atoms with Crippen LogP contribution in [-0.2, 0) is 0 Å². The van der Waals surface area contributed by atoms with Crippen LogP contribution in [0.25, 0.3) is 0 Å². The van der Waals surface area contributed by atoms with Gasteiger partial charge in [0.25, 0.3) is 0 Å². The minimum Gasteiger partial charge on any atom is -0.456 e. The Morgan fingerprint density at radius 2 is 1.92 bits per heavy atom. The summed E-state index contributed by atoms with van der Waals surface area (Å²) in [5, 5.41) is 3.94. The summed E-state index contributed by atoms with van der Waals surface area (Å²) < 4.78 is 5.49. The number of pyridine rings is 1. The number of rotatable bonds is 2. The van der Waals surface area contributed by atoms with E-state index in [0.29, 0.717) is 0 Å². The summed E-state index contributed by atoms with van der Waals surface area (Å²) in [6.07, 6.45) is 3.42. The smallest absolute Gasteiger partial charge is 0.138 e. The van der Waals surface area contributed by atoms with E-state index in [2.05, 4.69) is 4.98 Å². The fraction of sp³-hybridized carbons (Fsp3) is 0. The van der Waals surface area contributed by atoms with Gasteiger partial charge in [-0.3, -0.25) is 4.98 Å². The summed E-state index contributed by atoms with van der Waals surface area (Å²) in [4.78, 5) is 3.90. The maximum Gasteiger partial charge on any atom is 0.138 e. The molecule has 0 fully saturated rings. The van der Waals surface area contributed by atoms with E-state index in [4.69, 9.17) is 4.74 Å². The quantitative estimate of drug-likeness (QED) is 0.703. The van der Waals surface area contributed by atoms with Crippen LogP contribution in [0.4, 0.5) is 0 Å². The highest BCUT2D eigenvalue weighted by Crippen LogP contribution is 2.22. The molecule has 0 unspecified atom stereocenters. The van der Waals surface area contributed by atoms with E-state index in [9.17, 15) is 0 Å². The van der Waals surface area contributed by atoms with E-state index in [-0.39, 0.29) is 0 Å². The second-order valence-electron chi connectivity index (χ2n) is 2.24. The molecule has 0 amide bonds. The number of hydrogen-bond acceptors (Lipinski definition) is 3. The van der Waals surface area contributed by atoms with Crippen molar-refractivity contribution in [1.82, 2.24) is 4.98 Å². The van der Waals surface area contributed by atoms with E-state index in [1.54, 1.807) is 23.7 Å². The molecule has 0 saturated heterocycles. The van der Waals surface area contributed by atoms with Crippen molar-refractivity contribution < 1.29 is 4.74 Å². The lowest BCUT2D eigenvalue weighted by Crippen LogP contribution is -1.80. The number of thiophene rings is 1. The molecule has 0 radical (unpaired) electrons. The molecule has 0 N–H and O–H groups in total. The Labute approximate surface area is 74.5 Å². The molecule has 2 heterocycles. The van der Waals surface area contributed by atoms with Crippen molar-refractivity contribution in [3.05, 3.63) is 41.4 Å². The molecule has 0 spiro atoms. The van der Waals surface area contributed by atoms with Gasteiger partial charge in [-0.1, -0.05) is 0 Å². The van der Waals surface area contributed by atoms with Crippen LogP contribution in [-0.4, -0.2) is 4.98 Å². The standard InChI is InChI=1S/C9H7NOS/c1-4-10-5-2-8(1)11-9-3-6-12-7-9/h1-7H. The van der Waals surface area contributed by atoms with Crippen LogP contribution >= 0.6 is 11.3 Å². The number of hydrogen-bond donors (Lipinski definition) is 0. The minimum atomic E-state index is 0.823. The molecule has 2 aromatic heterocycles. The lowest BCUT2D eigenvalue weighted by Gasteiger charge is -2.00. The first-order chi connectivity index (χ1) is 5.95. The first-order valence-corrected chi connectivity index (χ1v) is 4.49. The average Bonchev–Trinajstić information content (AvgIpc) is 2.59. The Kier molecular flexibility index (Phi) is 2.05. The van der Waals surface area contributed by atoms with Crippen LogP contribution in [0.3, 0.4) is 0 Å². The van der Waals surface area contributed by atoms with Crippen LogP contribution in [0.5, 0.6) is 11.5 Å². The van der Waals surface area contributed by atoms with Crippen LogP contribution in [0.1, 0.15) is 0 Å². The second-order valence-corrected chi connectivity index (χ2v) is 3.02. The summed E-state index contributed by atoms with van der Waals surface area (Å²) in [5.41, 5.74) is 0. The largest absolute Gasteiger partial charge is 0.456 e. The first-order valence-electron chi connectivity index (χ1n) is 3.55. The van der Waals surface area contributed by atoms with Crippen molar-refractivity contribution in [2.24, 2.45) is 0 Å². The summed E-state index contributed by atoms with van der Waals surface area (Å²) >= 11 is 1.62. The van der Waals surface area contributed by atoms with Gasteiger partial charge in [-0.15, -0.1) is 11.3 Å². The van der Waals surface area contributed by atoms with E-state index in [1.807, 2.05) is 29.0 Å². The molecule has 12 heavy (non-hydrogen) atoms. The Balaban J connectivity index is 2.15. The average molecular weight is 177 g/mol. The van der Waals surface area contributed by atoms with Gasteiger partial charge in [0.05, 0.1) is 0 Å². The highest BCUT2D eigenvalue weighted by atomic mass is 32.1. The van der Waals surface area contributed by atoms with E-state index >= 15 is 0 Å². The Hall–Kier alpha value is -1.35. The number of aromatic nitrogens is 1. The van der Waals surface area contributed by atoms with Gasteiger partial charge < -0.3 is 4.74 Å². The lowest BCUT2D eigenvalue weighted by molar-refractivity contribution is 0.484. The van der Waals surface area contributed by atoms with E-state index in [1.165, 1.54) is 0 Å². The first kappa shape index (κ1) is 7.31. The van der Waals surface area contributed by atoms with Crippen LogP contribution in [0.2, 0.25) is 0 Å². The SMILES string of the molecule is c1cc(Oc2ccsc2)ccn1. The fourth-order valence-electron chi connectivity index (χ4n) is 0.852. The van der Waals surface area contributed by atoms with Gasteiger partial charge in [-0.2, -0.15) is 0 Å². The van der Waals surface area contributed by atoms with Crippen LogP contribution in [0.15, 0.2) is 41.4 Å². The Morgan fingerprint density at radius 1 is 1.08 bits per heavy atom. The number of nitrogens with zero attached hydrogens (tertiary/aromatic N) is 1. The maximum absolute atomic E-state index is 5.49. The third-order valence-electron chi connectivity index (χ3n) is 1.38. The third-order valence-corrected chi connectivity index (χ3v) is 2.04. The molecular weight excluding hydrogens is 170 g/mol. The molecule has 0 bridgehead atoms. The molecule has 2 nitrogen and oxygen atoms in total. The van der Waals surface area contributed by atoms with E-state index < -0.39 is 0 Å². The zero-order chi connectivity index (χ0) is 8.23. The molecular formula is C9H7NOS. The molecule has 2 rings (SSSR count). The van der Waals surface area contributed by atoms with Crippen molar-refractivity contribution in [2.45, 2.75) is 0 Å². The third kappa shape index (κ3) is 1.62. The molecule has 0 aliphatic rings. The molecule has 0 aliphatic carbocycles. The Morgan fingerprint density at radius 3 is 2.58 bits per heavy atom. The van der Waals surface area contributed by atoms with Crippen LogP contribution < -0.4 is 4.74 Å². The highest BCUT2D eigenvalue weighted by molar-refractivity contribution is 7.08. The zero-order valence-corrected chi connectivity index (χ0v) is 7.12. The van der Waals surface area contributed by atoms with Crippen molar-refractivity contribution in [3.8, 4) is 11.5 Å².